The number of phosphoric ester groups is 2. The van der Waals surface area contributed by atoms with Crippen LogP contribution in [0.3, 0.4) is 0 Å². The van der Waals surface area contributed by atoms with Gasteiger partial charge in [0.1, 0.15) is 19.3 Å². The van der Waals surface area contributed by atoms with Gasteiger partial charge in [-0.15, -0.1) is 0 Å². The van der Waals surface area contributed by atoms with E-state index in [-0.39, 0.29) is 25.7 Å². The normalized spacial score (nSPS) is 14.3. The zero-order valence-corrected chi connectivity index (χ0v) is 56.0. The second-order valence-electron chi connectivity index (χ2n) is 24.5. The molecule has 0 aliphatic heterocycles. The Morgan fingerprint density at radius 1 is 0.321 bits per heavy atom. The summed E-state index contributed by atoms with van der Waals surface area (Å²) >= 11 is 0. The molecule has 0 aliphatic rings. The predicted molar refractivity (Wildman–Crippen MR) is 335 cm³/mol. The highest BCUT2D eigenvalue weighted by atomic mass is 31.2. The van der Waals surface area contributed by atoms with Gasteiger partial charge in [-0.25, -0.2) is 9.13 Å². The van der Waals surface area contributed by atoms with Crippen molar-refractivity contribution in [2.45, 2.75) is 342 Å². The monoisotopic (exact) mass is 1240 g/mol. The van der Waals surface area contributed by atoms with Crippen LogP contribution in [0.2, 0.25) is 0 Å². The molecule has 84 heavy (non-hydrogen) atoms. The third kappa shape index (κ3) is 59.0. The number of aliphatic hydroxyl groups is 1. The molecule has 0 aromatic rings. The fourth-order valence-corrected chi connectivity index (χ4v) is 11.3. The van der Waals surface area contributed by atoms with Gasteiger partial charge in [0.2, 0.25) is 0 Å². The maximum absolute atomic E-state index is 13.0. The zero-order chi connectivity index (χ0) is 62.2. The number of esters is 4. The van der Waals surface area contributed by atoms with Crippen LogP contribution in [0.25, 0.3) is 0 Å². The van der Waals surface area contributed by atoms with Crippen LogP contribution in [-0.2, 0) is 65.4 Å². The Balaban J connectivity index is 5.16. The van der Waals surface area contributed by atoms with E-state index in [9.17, 15) is 43.2 Å². The van der Waals surface area contributed by atoms with E-state index in [4.69, 9.17) is 37.0 Å². The van der Waals surface area contributed by atoms with Crippen molar-refractivity contribution in [1.82, 2.24) is 0 Å². The first kappa shape index (κ1) is 82.1. The van der Waals surface area contributed by atoms with Crippen LogP contribution in [-0.4, -0.2) is 96.7 Å². The molecule has 5 atom stereocenters. The van der Waals surface area contributed by atoms with Crippen molar-refractivity contribution in [1.29, 1.82) is 0 Å². The lowest BCUT2D eigenvalue weighted by atomic mass is 10.0. The topological polar surface area (TPSA) is 237 Å². The Morgan fingerprint density at radius 3 is 0.810 bits per heavy atom. The molecule has 0 amide bonds. The highest BCUT2D eigenvalue weighted by Crippen LogP contribution is 2.45. The van der Waals surface area contributed by atoms with Crippen LogP contribution < -0.4 is 0 Å². The van der Waals surface area contributed by atoms with Crippen LogP contribution in [0.4, 0.5) is 0 Å². The number of aliphatic hydroxyl groups excluding tert-OH is 1. The minimum Gasteiger partial charge on any atom is -0.462 e. The van der Waals surface area contributed by atoms with Crippen molar-refractivity contribution in [2.24, 2.45) is 11.8 Å². The standard InChI is InChI=1S/C65H126O17P2/c1-7-9-11-13-14-15-16-22-25-30-36-42-48-63(68)76-54-61(82-64(69)49-43-37-31-26-23-20-18-17-19-21-24-28-34-39-45-57(3)4)56-80-84(73,74)78-52-59(66)51-77-83(71,72)79-55-60(53-75-62(67)47-41-33-12-10-8-2)81-65(70)50-44-38-32-27-29-35-40-46-58(5)6/h57-61,66H,7-56H2,1-6H3,(H,71,72)(H,73,74)/t59-,60+,61+/m0/s1. The SMILES string of the molecule is CCCCCCCCCCCCCCC(=O)OC[C@H](COP(=O)(O)OC[C@@H](O)COP(=O)(O)OC[C@@H](COC(=O)CCCCCCC)OC(=O)CCCCCCCCCC(C)C)OC(=O)CCCCCCCCCCCCCCCCC(C)C. The summed E-state index contributed by atoms with van der Waals surface area (Å²) in [5.74, 6) is -0.652. The average Bonchev–Trinajstić information content (AvgIpc) is 3.46. The summed E-state index contributed by atoms with van der Waals surface area (Å²) in [6, 6.07) is 0. The van der Waals surface area contributed by atoms with Gasteiger partial charge in [-0.1, -0.05) is 273 Å². The van der Waals surface area contributed by atoms with E-state index in [1.165, 1.54) is 135 Å². The van der Waals surface area contributed by atoms with Gasteiger partial charge in [-0.05, 0) is 37.5 Å². The summed E-state index contributed by atoms with van der Waals surface area (Å²) in [5, 5.41) is 10.5. The summed E-state index contributed by atoms with van der Waals surface area (Å²) in [6.07, 6.45) is 40.7. The Kier molecular flexibility index (Phi) is 56.2. The highest BCUT2D eigenvalue weighted by molar-refractivity contribution is 7.47. The molecule has 0 rings (SSSR count). The van der Waals surface area contributed by atoms with Gasteiger partial charge in [0.05, 0.1) is 26.4 Å². The molecule has 0 aromatic carbocycles. The van der Waals surface area contributed by atoms with E-state index in [0.717, 1.165) is 102 Å². The molecule has 0 fully saturated rings. The highest BCUT2D eigenvalue weighted by Gasteiger charge is 2.30. The first-order valence-electron chi connectivity index (χ1n) is 34.0. The maximum atomic E-state index is 13.0. The lowest BCUT2D eigenvalue weighted by Crippen LogP contribution is -2.30. The number of carbonyl (C=O) groups excluding carboxylic acids is 4. The third-order valence-corrected chi connectivity index (χ3v) is 16.9. The van der Waals surface area contributed by atoms with Gasteiger partial charge in [0.15, 0.2) is 12.2 Å². The second kappa shape index (κ2) is 57.5. The fourth-order valence-electron chi connectivity index (χ4n) is 9.71. The number of ether oxygens (including phenoxy) is 4. The first-order chi connectivity index (χ1) is 40.4. The number of carbonyl (C=O) groups is 4. The van der Waals surface area contributed by atoms with Gasteiger partial charge < -0.3 is 33.8 Å². The number of rotatable bonds is 64. The zero-order valence-electron chi connectivity index (χ0n) is 54.2. The molecule has 0 aromatic heterocycles. The van der Waals surface area contributed by atoms with E-state index >= 15 is 0 Å². The van der Waals surface area contributed by atoms with E-state index < -0.39 is 97.5 Å². The van der Waals surface area contributed by atoms with Crippen LogP contribution in [0.1, 0.15) is 324 Å². The van der Waals surface area contributed by atoms with Crippen molar-refractivity contribution in [3.8, 4) is 0 Å². The molecule has 0 aliphatic carbocycles. The minimum atomic E-state index is -4.94. The van der Waals surface area contributed by atoms with Crippen molar-refractivity contribution in [2.75, 3.05) is 39.6 Å². The number of phosphoric acid groups is 2. The summed E-state index contributed by atoms with van der Waals surface area (Å²) in [4.78, 5) is 72.0. The molecular formula is C65H126O17P2. The molecule has 0 bridgehead atoms. The average molecular weight is 1240 g/mol. The van der Waals surface area contributed by atoms with Gasteiger partial charge in [-0.3, -0.25) is 37.3 Å². The summed E-state index contributed by atoms with van der Waals surface area (Å²) in [5.41, 5.74) is 0. The summed E-state index contributed by atoms with van der Waals surface area (Å²) in [7, 11) is -9.88. The molecular weight excluding hydrogens is 1110 g/mol. The van der Waals surface area contributed by atoms with Crippen molar-refractivity contribution < 1.29 is 80.2 Å². The number of hydrogen-bond donors (Lipinski definition) is 3. The molecule has 19 heteroatoms. The molecule has 0 heterocycles. The third-order valence-electron chi connectivity index (χ3n) is 15.0. The molecule has 0 saturated heterocycles. The van der Waals surface area contributed by atoms with Crippen LogP contribution in [0.5, 0.6) is 0 Å². The molecule has 0 radical (unpaired) electrons. The Hall–Kier alpha value is -1.94. The molecule has 0 saturated carbocycles. The lowest BCUT2D eigenvalue weighted by molar-refractivity contribution is -0.161. The Bertz CT molecular complexity index is 1650. The first-order valence-corrected chi connectivity index (χ1v) is 37.0. The smallest absolute Gasteiger partial charge is 0.462 e. The van der Waals surface area contributed by atoms with E-state index in [0.29, 0.717) is 31.6 Å². The maximum Gasteiger partial charge on any atom is 0.472 e. The van der Waals surface area contributed by atoms with E-state index in [2.05, 4.69) is 41.5 Å². The van der Waals surface area contributed by atoms with Gasteiger partial charge in [0, 0.05) is 25.7 Å². The lowest BCUT2D eigenvalue weighted by Gasteiger charge is -2.21. The second-order valence-corrected chi connectivity index (χ2v) is 27.4. The molecule has 0 spiro atoms. The van der Waals surface area contributed by atoms with Crippen LogP contribution >= 0.6 is 15.6 Å². The van der Waals surface area contributed by atoms with Crippen LogP contribution in [0, 0.1) is 11.8 Å². The van der Waals surface area contributed by atoms with Crippen LogP contribution in [0.15, 0.2) is 0 Å². The summed E-state index contributed by atoms with van der Waals surface area (Å²) < 4.78 is 67.8. The fraction of sp³-hybridized carbons (Fsp3) is 0.938. The Morgan fingerprint density at radius 2 is 0.548 bits per heavy atom. The number of hydrogen-bond acceptors (Lipinski definition) is 15. The minimum absolute atomic E-state index is 0.102. The van der Waals surface area contributed by atoms with Crippen molar-refractivity contribution in [3.05, 3.63) is 0 Å². The number of unbranched alkanes of at least 4 members (excludes halogenated alkanes) is 34. The van der Waals surface area contributed by atoms with E-state index in [1.54, 1.807) is 0 Å². The van der Waals surface area contributed by atoms with Gasteiger partial charge in [-0.2, -0.15) is 0 Å². The molecule has 498 valence electrons. The molecule has 3 N–H and O–H groups in total. The molecule has 2 unspecified atom stereocenters. The van der Waals surface area contributed by atoms with Gasteiger partial charge in [0.25, 0.3) is 0 Å². The van der Waals surface area contributed by atoms with Crippen molar-refractivity contribution in [3.63, 3.8) is 0 Å². The van der Waals surface area contributed by atoms with Gasteiger partial charge >= 0.3 is 39.5 Å². The van der Waals surface area contributed by atoms with Crippen molar-refractivity contribution >= 4 is 39.5 Å². The molecule has 17 nitrogen and oxygen atoms in total. The summed E-state index contributed by atoms with van der Waals surface area (Å²) in [6.45, 7) is 9.37. The predicted octanol–water partition coefficient (Wildman–Crippen LogP) is 18.0. The quantitative estimate of drug-likeness (QED) is 0.0222. The Labute approximate surface area is 511 Å². The largest absolute Gasteiger partial charge is 0.472 e. The van der Waals surface area contributed by atoms with E-state index in [1.807, 2.05) is 0 Å².